The normalized spacial score (nSPS) is 10.5. The zero-order chi connectivity index (χ0) is 20.8. The predicted molar refractivity (Wildman–Crippen MR) is 114 cm³/mol. The molecule has 2 aromatic carbocycles. The highest BCUT2D eigenvalue weighted by atomic mass is 16.5. The van der Waals surface area contributed by atoms with E-state index in [9.17, 15) is 9.59 Å². The Morgan fingerprint density at radius 2 is 1.63 bits per heavy atom. The van der Waals surface area contributed by atoms with Crippen LogP contribution in [0, 0.1) is 0 Å². The number of carbonyl (C=O) groups is 2. The molecule has 6 heteroatoms. The van der Waals surface area contributed by atoms with Gasteiger partial charge < -0.3 is 10.1 Å². The summed E-state index contributed by atoms with van der Waals surface area (Å²) in [5.74, 6) is -0.696. The Hall–Kier alpha value is -4.06. The minimum atomic E-state index is -0.455. The van der Waals surface area contributed by atoms with E-state index in [0.29, 0.717) is 16.8 Å². The van der Waals surface area contributed by atoms with Gasteiger partial charge in [0.1, 0.15) is 6.61 Å². The molecule has 148 valence electrons. The van der Waals surface area contributed by atoms with Crippen molar-refractivity contribution in [1.82, 2.24) is 15.3 Å². The van der Waals surface area contributed by atoms with E-state index in [0.717, 1.165) is 16.5 Å². The van der Waals surface area contributed by atoms with Gasteiger partial charge >= 0.3 is 5.97 Å². The van der Waals surface area contributed by atoms with Crippen molar-refractivity contribution in [3.05, 3.63) is 96.3 Å². The third-order valence-corrected chi connectivity index (χ3v) is 4.57. The minimum absolute atomic E-state index is 0.0625. The second-order valence-corrected chi connectivity index (χ2v) is 6.57. The van der Waals surface area contributed by atoms with Gasteiger partial charge in [-0.25, -0.2) is 9.78 Å². The molecular weight excluding hydrogens is 378 g/mol. The van der Waals surface area contributed by atoms with Crippen molar-refractivity contribution in [1.29, 1.82) is 0 Å². The maximum atomic E-state index is 12.8. The molecule has 4 rings (SSSR count). The van der Waals surface area contributed by atoms with Crippen LogP contribution in [0.5, 0.6) is 0 Å². The van der Waals surface area contributed by atoms with Crippen LogP contribution < -0.4 is 5.32 Å². The van der Waals surface area contributed by atoms with E-state index in [1.807, 2.05) is 54.6 Å². The summed E-state index contributed by atoms with van der Waals surface area (Å²) >= 11 is 0. The average Bonchev–Trinajstić information content (AvgIpc) is 2.82. The molecule has 0 radical (unpaired) electrons. The zero-order valence-electron chi connectivity index (χ0n) is 16.1. The topological polar surface area (TPSA) is 81.2 Å². The Labute approximate surface area is 173 Å². The monoisotopic (exact) mass is 397 g/mol. The van der Waals surface area contributed by atoms with Gasteiger partial charge in [0.2, 0.25) is 0 Å². The molecule has 4 aromatic rings. The number of pyridine rings is 2. The molecule has 0 aliphatic carbocycles. The van der Waals surface area contributed by atoms with E-state index in [4.69, 9.17) is 4.74 Å². The highest BCUT2D eigenvalue weighted by Gasteiger charge is 2.15. The number of benzene rings is 2. The molecule has 2 aromatic heterocycles. The molecular formula is C24H19N3O3. The lowest BCUT2D eigenvalue weighted by atomic mass is 10.0. The Bertz CT molecular complexity index is 1180. The second-order valence-electron chi connectivity index (χ2n) is 6.57. The molecule has 0 fully saturated rings. The van der Waals surface area contributed by atoms with Crippen molar-refractivity contribution in [2.75, 3.05) is 13.2 Å². The van der Waals surface area contributed by atoms with E-state index < -0.39 is 5.97 Å². The van der Waals surface area contributed by atoms with Gasteiger partial charge in [-0.3, -0.25) is 9.78 Å². The first-order chi connectivity index (χ1) is 14.7. The van der Waals surface area contributed by atoms with Gasteiger partial charge in [-0.2, -0.15) is 0 Å². The lowest BCUT2D eigenvalue weighted by Crippen LogP contribution is -2.28. The maximum Gasteiger partial charge on any atom is 0.338 e. The highest BCUT2D eigenvalue weighted by molar-refractivity contribution is 6.04. The Morgan fingerprint density at radius 1 is 0.900 bits per heavy atom. The fourth-order valence-corrected chi connectivity index (χ4v) is 3.09. The van der Waals surface area contributed by atoms with Gasteiger partial charge in [0.25, 0.3) is 5.91 Å². The van der Waals surface area contributed by atoms with E-state index in [1.54, 1.807) is 30.6 Å². The van der Waals surface area contributed by atoms with E-state index in [-0.39, 0.29) is 19.1 Å². The van der Waals surface area contributed by atoms with E-state index in [2.05, 4.69) is 15.3 Å². The number of ether oxygens (including phenoxy) is 1. The number of fused-ring (bicyclic) bond motifs is 1. The third-order valence-electron chi connectivity index (χ3n) is 4.57. The summed E-state index contributed by atoms with van der Waals surface area (Å²) in [4.78, 5) is 33.4. The number of hydrogen-bond acceptors (Lipinski definition) is 5. The molecule has 2 heterocycles. The van der Waals surface area contributed by atoms with Gasteiger partial charge in [-0.05, 0) is 24.3 Å². The molecule has 0 saturated heterocycles. The van der Waals surface area contributed by atoms with Gasteiger partial charge in [0.15, 0.2) is 0 Å². The molecule has 0 bridgehead atoms. The van der Waals surface area contributed by atoms with E-state index >= 15 is 0 Å². The van der Waals surface area contributed by atoms with Crippen LogP contribution in [-0.4, -0.2) is 35.0 Å². The van der Waals surface area contributed by atoms with Crippen molar-refractivity contribution in [3.8, 4) is 11.3 Å². The summed E-state index contributed by atoms with van der Waals surface area (Å²) in [5, 5.41) is 3.45. The summed E-state index contributed by atoms with van der Waals surface area (Å²) in [6.07, 6.45) is 3.10. The summed E-state index contributed by atoms with van der Waals surface area (Å²) in [7, 11) is 0. The fourth-order valence-electron chi connectivity index (χ4n) is 3.09. The molecule has 0 atom stereocenters. The van der Waals surface area contributed by atoms with Crippen LogP contribution >= 0.6 is 0 Å². The van der Waals surface area contributed by atoms with Crippen LogP contribution in [0.15, 0.2) is 85.2 Å². The number of nitrogens with zero attached hydrogens (tertiary/aromatic N) is 2. The third kappa shape index (κ3) is 4.33. The van der Waals surface area contributed by atoms with Crippen LogP contribution in [-0.2, 0) is 4.74 Å². The average molecular weight is 397 g/mol. The highest BCUT2D eigenvalue weighted by Crippen LogP contribution is 2.25. The largest absolute Gasteiger partial charge is 0.460 e. The van der Waals surface area contributed by atoms with Crippen LogP contribution in [0.1, 0.15) is 20.7 Å². The van der Waals surface area contributed by atoms with Crippen LogP contribution in [0.2, 0.25) is 0 Å². The number of aromatic nitrogens is 2. The molecule has 30 heavy (non-hydrogen) atoms. The molecule has 0 unspecified atom stereocenters. The summed E-state index contributed by atoms with van der Waals surface area (Å²) < 4.78 is 5.42. The number of amides is 1. The second kappa shape index (κ2) is 8.96. The minimum Gasteiger partial charge on any atom is -0.460 e. The predicted octanol–water partition coefficient (Wildman–Crippen LogP) is 3.88. The molecule has 1 amide bonds. The van der Waals surface area contributed by atoms with Crippen molar-refractivity contribution in [2.45, 2.75) is 0 Å². The summed E-state index contributed by atoms with van der Waals surface area (Å²) in [6, 6.07) is 22.1. The van der Waals surface area contributed by atoms with Gasteiger partial charge in [0.05, 0.1) is 23.3 Å². The molecule has 1 N–H and O–H groups in total. The zero-order valence-corrected chi connectivity index (χ0v) is 16.1. The van der Waals surface area contributed by atoms with Crippen molar-refractivity contribution >= 4 is 22.8 Å². The molecule has 0 spiro atoms. The standard InChI is InChI=1S/C24H19N3O3/c28-23(18-10-12-25-13-11-18)26-14-15-30-24(29)20-16-22(17-6-2-1-3-7-17)27-21-9-5-4-8-19(20)21/h1-13,16H,14-15H2,(H,26,28). The van der Waals surface area contributed by atoms with E-state index in [1.165, 1.54) is 0 Å². The SMILES string of the molecule is O=C(NCCOC(=O)c1cc(-c2ccccc2)nc2ccccc12)c1ccncc1. The Balaban J connectivity index is 1.48. The van der Waals surface area contributed by atoms with Crippen LogP contribution in [0.25, 0.3) is 22.2 Å². The number of rotatable bonds is 6. The first-order valence-electron chi connectivity index (χ1n) is 9.53. The van der Waals surface area contributed by atoms with Crippen molar-refractivity contribution in [2.24, 2.45) is 0 Å². The number of nitrogens with one attached hydrogen (secondary N) is 1. The molecule has 0 aliphatic heterocycles. The van der Waals surface area contributed by atoms with Crippen LogP contribution in [0.3, 0.4) is 0 Å². The summed E-state index contributed by atoms with van der Waals surface area (Å²) in [6.45, 7) is 0.272. The summed E-state index contributed by atoms with van der Waals surface area (Å²) in [5.41, 5.74) is 3.29. The molecule has 0 saturated carbocycles. The maximum absolute atomic E-state index is 12.8. The van der Waals surface area contributed by atoms with Crippen molar-refractivity contribution in [3.63, 3.8) is 0 Å². The number of hydrogen-bond donors (Lipinski definition) is 1. The fraction of sp³-hybridized carbons (Fsp3) is 0.0833. The number of carbonyl (C=O) groups excluding carboxylic acids is 2. The smallest absolute Gasteiger partial charge is 0.338 e. The quantitative estimate of drug-likeness (QED) is 0.394. The lowest BCUT2D eigenvalue weighted by Gasteiger charge is -2.11. The van der Waals surface area contributed by atoms with Gasteiger partial charge in [-0.1, -0.05) is 48.5 Å². The van der Waals surface area contributed by atoms with Crippen molar-refractivity contribution < 1.29 is 14.3 Å². The van der Waals surface area contributed by atoms with Gasteiger partial charge in [-0.15, -0.1) is 0 Å². The first-order valence-corrected chi connectivity index (χ1v) is 9.53. The Kier molecular flexibility index (Phi) is 5.75. The van der Waals surface area contributed by atoms with Crippen LogP contribution in [0.4, 0.5) is 0 Å². The number of esters is 1. The lowest BCUT2D eigenvalue weighted by molar-refractivity contribution is 0.0505. The first kappa shape index (κ1) is 19.3. The molecule has 0 aliphatic rings. The number of para-hydroxylation sites is 1. The van der Waals surface area contributed by atoms with Gasteiger partial charge in [0, 0.05) is 28.9 Å². The Morgan fingerprint density at radius 3 is 2.43 bits per heavy atom. The molecule has 6 nitrogen and oxygen atoms in total.